The van der Waals surface area contributed by atoms with Gasteiger partial charge in [0.25, 0.3) is 5.91 Å². The lowest BCUT2D eigenvalue weighted by molar-refractivity contribution is 0.0943. The Bertz CT molecular complexity index is 1560. The van der Waals surface area contributed by atoms with Gasteiger partial charge >= 0.3 is 0 Å². The smallest absolute Gasteiger partial charge is 0.252 e. The first kappa shape index (κ1) is 23.2. The highest BCUT2D eigenvalue weighted by atomic mass is 19.1. The molecule has 0 saturated heterocycles. The summed E-state index contributed by atoms with van der Waals surface area (Å²) in [6, 6.07) is 11.2. The number of fused-ring (bicyclic) bond motifs is 1. The molecule has 1 N–H and O–H groups in total. The predicted molar refractivity (Wildman–Crippen MR) is 131 cm³/mol. The molecule has 0 spiro atoms. The SMILES string of the molecule is COc1ccc([C@H](NC(=O)c2ccc3cnc(Cc4ccnn4C)nc3c2)c2cnn(C)c2)cc1F. The zero-order valence-corrected chi connectivity index (χ0v) is 20.0. The fourth-order valence-electron chi connectivity index (χ4n) is 4.05. The maximum Gasteiger partial charge on any atom is 0.252 e. The van der Waals surface area contributed by atoms with Gasteiger partial charge in [-0.05, 0) is 35.9 Å². The fourth-order valence-corrected chi connectivity index (χ4v) is 4.05. The van der Waals surface area contributed by atoms with Gasteiger partial charge in [-0.15, -0.1) is 0 Å². The van der Waals surface area contributed by atoms with Crippen molar-refractivity contribution in [3.05, 3.63) is 101 Å². The number of hydrogen-bond donors (Lipinski definition) is 1. The quantitative estimate of drug-likeness (QED) is 0.380. The van der Waals surface area contributed by atoms with Crippen LogP contribution in [-0.4, -0.2) is 42.5 Å². The second kappa shape index (κ2) is 9.57. The summed E-state index contributed by atoms with van der Waals surface area (Å²) in [5, 5.41) is 12.2. The molecule has 0 unspecified atom stereocenters. The maximum absolute atomic E-state index is 14.5. The van der Waals surface area contributed by atoms with E-state index in [0.717, 1.165) is 16.6 Å². The minimum Gasteiger partial charge on any atom is -0.494 e. The Labute approximate surface area is 206 Å². The first-order valence-corrected chi connectivity index (χ1v) is 11.3. The Morgan fingerprint density at radius 2 is 1.94 bits per heavy atom. The molecule has 0 aliphatic heterocycles. The zero-order valence-electron chi connectivity index (χ0n) is 20.0. The van der Waals surface area contributed by atoms with Crippen LogP contribution in [0.1, 0.15) is 39.0 Å². The summed E-state index contributed by atoms with van der Waals surface area (Å²) >= 11 is 0. The van der Waals surface area contributed by atoms with Crippen LogP contribution in [0.2, 0.25) is 0 Å². The van der Waals surface area contributed by atoms with Gasteiger partial charge in [-0.2, -0.15) is 10.2 Å². The Kier molecular flexibility index (Phi) is 6.16. The van der Waals surface area contributed by atoms with Gasteiger partial charge in [0, 0.05) is 61.3 Å². The van der Waals surface area contributed by atoms with Crippen LogP contribution in [0, 0.1) is 5.82 Å². The predicted octanol–water partition coefficient (Wildman–Crippen LogP) is 3.35. The number of benzene rings is 2. The molecule has 182 valence electrons. The van der Waals surface area contributed by atoms with Gasteiger partial charge in [0.2, 0.25) is 0 Å². The number of amides is 1. The van der Waals surface area contributed by atoms with Gasteiger partial charge in [-0.3, -0.25) is 14.2 Å². The molecule has 36 heavy (non-hydrogen) atoms. The Morgan fingerprint density at radius 1 is 1.08 bits per heavy atom. The minimum absolute atomic E-state index is 0.131. The molecule has 0 radical (unpaired) electrons. The largest absolute Gasteiger partial charge is 0.494 e. The summed E-state index contributed by atoms with van der Waals surface area (Å²) in [7, 11) is 5.05. The average molecular weight is 486 g/mol. The van der Waals surface area contributed by atoms with Crippen LogP contribution in [0.5, 0.6) is 5.75 Å². The van der Waals surface area contributed by atoms with E-state index in [0.29, 0.717) is 28.9 Å². The highest BCUT2D eigenvalue weighted by Crippen LogP contribution is 2.27. The second-order valence-corrected chi connectivity index (χ2v) is 8.43. The average Bonchev–Trinajstić information content (AvgIpc) is 3.49. The lowest BCUT2D eigenvalue weighted by Gasteiger charge is -2.19. The fraction of sp³-hybridized carbons (Fsp3) is 0.192. The molecule has 0 saturated carbocycles. The monoisotopic (exact) mass is 485 g/mol. The molecule has 0 bridgehead atoms. The lowest BCUT2D eigenvalue weighted by Crippen LogP contribution is -2.29. The number of nitrogens with zero attached hydrogens (tertiary/aromatic N) is 6. The molecule has 3 aromatic heterocycles. The summed E-state index contributed by atoms with van der Waals surface area (Å²) in [6.45, 7) is 0. The highest BCUT2D eigenvalue weighted by Gasteiger charge is 2.21. The molecule has 0 aliphatic carbocycles. The molecule has 9 nitrogen and oxygen atoms in total. The van der Waals surface area contributed by atoms with E-state index in [9.17, 15) is 9.18 Å². The van der Waals surface area contributed by atoms with Crippen LogP contribution >= 0.6 is 0 Å². The van der Waals surface area contributed by atoms with Crippen molar-refractivity contribution in [1.82, 2.24) is 34.8 Å². The first-order chi connectivity index (χ1) is 17.4. The third-order valence-electron chi connectivity index (χ3n) is 6.00. The van der Waals surface area contributed by atoms with E-state index >= 15 is 0 Å². The van der Waals surface area contributed by atoms with E-state index in [-0.39, 0.29) is 11.7 Å². The van der Waals surface area contributed by atoms with Gasteiger partial charge < -0.3 is 10.1 Å². The molecular weight excluding hydrogens is 461 g/mol. The van der Waals surface area contributed by atoms with Crippen molar-refractivity contribution in [1.29, 1.82) is 0 Å². The van der Waals surface area contributed by atoms with E-state index in [1.807, 2.05) is 19.2 Å². The minimum atomic E-state index is -0.617. The molecular formula is C26H24FN7O2. The number of aryl methyl sites for hydroxylation is 2. The molecule has 5 rings (SSSR count). The summed E-state index contributed by atoms with van der Waals surface area (Å²) < 4.78 is 22.9. The lowest BCUT2D eigenvalue weighted by atomic mass is 10.0. The van der Waals surface area contributed by atoms with Crippen LogP contribution in [-0.2, 0) is 20.5 Å². The summed E-state index contributed by atoms with van der Waals surface area (Å²) in [4.78, 5) is 22.4. The van der Waals surface area contributed by atoms with E-state index in [2.05, 4.69) is 25.5 Å². The standard InChI is InChI=1S/C26H24FN7O2/c1-33-15-19(14-30-33)25(16-6-7-23(36-3)21(27)10-16)32-26(35)17-4-5-18-13-28-24(31-22(18)11-17)12-20-8-9-29-34(20)2/h4-11,13-15,25H,12H2,1-3H3,(H,32,35)/t25-/m0/s1. The van der Waals surface area contributed by atoms with E-state index < -0.39 is 11.9 Å². The molecule has 0 fully saturated rings. The number of aromatic nitrogens is 6. The van der Waals surface area contributed by atoms with E-state index in [1.165, 1.54) is 19.2 Å². The van der Waals surface area contributed by atoms with Crippen LogP contribution < -0.4 is 10.1 Å². The number of rotatable bonds is 7. The number of halogens is 1. The number of hydrogen-bond acceptors (Lipinski definition) is 6. The van der Waals surface area contributed by atoms with Crippen LogP contribution in [0.3, 0.4) is 0 Å². The van der Waals surface area contributed by atoms with Gasteiger partial charge in [-0.1, -0.05) is 12.1 Å². The molecule has 2 aromatic carbocycles. The van der Waals surface area contributed by atoms with Gasteiger partial charge in [0.15, 0.2) is 11.6 Å². The zero-order chi connectivity index (χ0) is 25.2. The van der Waals surface area contributed by atoms with Crippen molar-refractivity contribution in [2.75, 3.05) is 7.11 Å². The number of methoxy groups -OCH3 is 1. The third-order valence-corrected chi connectivity index (χ3v) is 6.00. The van der Waals surface area contributed by atoms with Crippen molar-refractivity contribution < 1.29 is 13.9 Å². The maximum atomic E-state index is 14.5. The Balaban J connectivity index is 1.44. The highest BCUT2D eigenvalue weighted by molar-refractivity contribution is 5.98. The summed E-state index contributed by atoms with van der Waals surface area (Å²) in [5.41, 5.74) is 3.35. The molecule has 10 heteroatoms. The van der Waals surface area contributed by atoms with Crippen molar-refractivity contribution in [3.8, 4) is 5.75 Å². The van der Waals surface area contributed by atoms with Crippen molar-refractivity contribution >= 4 is 16.8 Å². The number of ether oxygens (including phenoxy) is 1. The van der Waals surface area contributed by atoms with Gasteiger partial charge in [0.05, 0.1) is 24.9 Å². The molecule has 1 atom stereocenters. The van der Waals surface area contributed by atoms with E-state index in [1.54, 1.807) is 59.4 Å². The summed E-state index contributed by atoms with van der Waals surface area (Å²) in [5.74, 6) is -0.0768. The Hall–Kier alpha value is -4.60. The van der Waals surface area contributed by atoms with Gasteiger partial charge in [-0.25, -0.2) is 14.4 Å². The Morgan fingerprint density at radius 3 is 2.64 bits per heavy atom. The normalized spacial score (nSPS) is 12.0. The molecule has 3 heterocycles. The number of nitrogens with one attached hydrogen (secondary N) is 1. The first-order valence-electron chi connectivity index (χ1n) is 11.3. The number of carbonyl (C=O) groups excluding carboxylic acids is 1. The van der Waals surface area contributed by atoms with Gasteiger partial charge in [0.1, 0.15) is 5.82 Å². The molecule has 0 aliphatic rings. The topological polar surface area (TPSA) is 99.8 Å². The summed E-state index contributed by atoms with van der Waals surface area (Å²) in [6.07, 6.45) is 7.42. The van der Waals surface area contributed by atoms with Crippen LogP contribution in [0.25, 0.3) is 10.9 Å². The number of carbonyl (C=O) groups is 1. The third kappa shape index (κ3) is 4.65. The van der Waals surface area contributed by atoms with Crippen molar-refractivity contribution in [2.45, 2.75) is 12.5 Å². The van der Waals surface area contributed by atoms with Crippen molar-refractivity contribution in [3.63, 3.8) is 0 Å². The van der Waals surface area contributed by atoms with Crippen LogP contribution in [0.15, 0.2) is 67.3 Å². The molecule has 1 amide bonds. The van der Waals surface area contributed by atoms with Crippen molar-refractivity contribution in [2.24, 2.45) is 14.1 Å². The second-order valence-electron chi connectivity index (χ2n) is 8.43. The van der Waals surface area contributed by atoms with E-state index in [4.69, 9.17) is 4.74 Å². The van der Waals surface area contributed by atoms with Crippen LogP contribution in [0.4, 0.5) is 4.39 Å². The molecule has 5 aromatic rings.